The summed E-state index contributed by atoms with van der Waals surface area (Å²) in [7, 11) is 0. The van der Waals surface area contributed by atoms with Crippen molar-refractivity contribution in [3.63, 3.8) is 0 Å². The molecule has 0 heterocycles. The molecule has 0 fully saturated rings. The van der Waals surface area contributed by atoms with Gasteiger partial charge in [-0.1, -0.05) is 6.92 Å². The van der Waals surface area contributed by atoms with E-state index in [1.54, 1.807) is 24.3 Å². The van der Waals surface area contributed by atoms with Crippen molar-refractivity contribution in [1.29, 1.82) is 0 Å². The Kier molecular flexibility index (Phi) is 5.70. The molecule has 0 aromatic heterocycles. The van der Waals surface area contributed by atoms with Crippen LogP contribution in [0.2, 0.25) is 0 Å². The van der Waals surface area contributed by atoms with Gasteiger partial charge in [-0.15, -0.1) is 0 Å². The maximum Gasteiger partial charge on any atom is 0.251 e. The molecule has 5 heteroatoms. The van der Waals surface area contributed by atoms with E-state index in [9.17, 15) is 14.7 Å². The van der Waals surface area contributed by atoms with Gasteiger partial charge in [0.15, 0.2) is 0 Å². The second kappa shape index (κ2) is 7.32. The Morgan fingerprint density at radius 3 is 2.50 bits per heavy atom. The van der Waals surface area contributed by atoms with Gasteiger partial charge in [-0.25, -0.2) is 0 Å². The van der Waals surface area contributed by atoms with Gasteiger partial charge in [0, 0.05) is 24.5 Å². The maximum absolute atomic E-state index is 11.6. The summed E-state index contributed by atoms with van der Waals surface area (Å²) < 4.78 is 5.38. The first-order valence-electron chi connectivity index (χ1n) is 5.84. The maximum atomic E-state index is 11.6. The van der Waals surface area contributed by atoms with Gasteiger partial charge in [0.25, 0.3) is 5.91 Å². The Morgan fingerprint density at radius 2 is 1.94 bits per heavy atom. The van der Waals surface area contributed by atoms with Crippen LogP contribution in [0, 0.1) is 0 Å². The number of hydrogen-bond donors (Lipinski definition) is 1. The molecule has 1 rings (SSSR count). The number of nitrogens with one attached hydrogen (secondary N) is 1. The number of benzene rings is 1. The summed E-state index contributed by atoms with van der Waals surface area (Å²) in [4.78, 5) is 21.8. The molecule has 0 spiro atoms. The monoisotopic (exact) mass is 250 g/mol. The fourth-order valence-corrected chi connectivity index (χ4v) is 1.30. The van der Waals surface area contributed by atoms with Crippen LogP contribution in [0.3, 0.4) is 0 Å². The van der Waals surface area contributed by atoms with E-state index in [2.05, 4.69) is 5.32 Å². The van der Waals surface area contributed by atoms with Crippen molar-refractivity contribution in [1.82, 2.24) is 5.32 Å². The number of hydrogen-bond acceptors (Lipinski definition) is 4. The number of aliphatic carboxylic acids is 1. The predicted molar refractivity (Wildman–Crippen MR) is 64.2 cm³/mol. The number of amides is 1. The standard InChI is InChI=1S/C13H17NO4/c1-2-9-18-11-5-3-10(4-6-11)13(17)14-8-7-12(15)16/h3-6H,2,7-9H2,1H3,(H,14,17)(H,15,16)/p-1. The number of ether oxygens (including phenoxy) is 1. The fraction of sp³-hybridized carbons (Fsp3) is 0.385. The zero-order valence-corrected chi connectivity index (χ0v) is 10.3. The highest BCUT2D eigenvalue weighted by atomic mass is 16.5. The van der Waals surface area contributed by atoms with Crippen LogP contribution in [0.4, 0.5) is 0 Å². The zero-order valence-electron chi connectivity index (χ0n) is 10.3. The molecular weight excluding hydrogens is 234 g/mol. The fourth-order valence-electron chi connectivity index (χ4n) is 1.30. The summed E-state index contributed by atoms with van der Waals surface area (Å²) in [6, 6.07) is 6.70. The smallest absolute Gasteiger partial charge is 0.251 e. The SMILES string of the molecule is CCCOc1ccc(C(=O)NCCC(=O)[O-])cc1. The van der Waals surface area contributed by atoms with Gasteiger partial charge in [-0.2, -0.15) is 0 Å². The Hall–Kier alpha value is -2.04. The first-order chi connectivity index (χ1) is 8.63. The lowest BCUT2D eigenvalue weighted by atomic mass is 10.2. The molecule has 0 saturated heterocycles. The van der Waals surface area contributed by atoms with Gasteiger partial charge in [-0.05, 0) is 30.7 Å². The number of carboxylic acids is 1. The highest BCUT2D eigenvalue weighted by Crippen LogP contribution is 2.12. The normalized spacial score (nSPS) is 9.83. The van der Waals surface area contributed by atoms with E-state index < -0.39 is 5.97 Å². The third kappa shape index (κ3) is 4.86. The lowest BCUT2D eigenvalue weighted by Gasteiger charge is -2.07. The Bertz CT molecular complexity index is 400. The van der Waals surface area contributed by atoms with Crippen molar-refractivity contribution in [2.45, 2.75) is 19.8 Å². The summed E-state index contributed by atoms with van der Waals surface area (Å²) in [5.41, 5.74) is 0.470. The highest BCUT2D eigenvalue weighted by molar-refractivity contribution is 5.94. The molecule has 0 unspecified atom stereocenters. The van der Waals surface area contributed by atoms with Crippen LogP contribution in [-0.4, -0.2) is 25.0 Å². The second-order valence-electron chi connectivity index (χ2n) is 3.75. The summed E-state index contributed by atoms with van der Waals surface area (Å²) in [6.45, 7) is 2.71. The molecule has 18 heavy (non-hydrogen) atoms. The Morgan fingerprint density at radius 1 is 1.28 bits per heavy atom. The van der Waals surface area contributed by atoms with E-state index >= 15 is 0 Å². The van der Waals surface area contributed by atoms with Gasteiger partial charge in [0.05, 0.1) is 6.61 Å². The van der Waals surface area contributed by atoms with Gasteiger partial charge in [0.2, 0.25) is 0 Å². The molecule has 98 valence electrons. The minimum atomic E-state index is -1.18. The van der Waals surface area contributed by atoms with Crippen LogP contribution in [0.15, 0.2) is 24.3 Å². The molecule has 1 N–H and O–H groups in total. The van der Waals surface area contributed by atoms with E-state index in [1.165, 1.54) is 0 Å². The minimum absolute atomic E-state index is 0.0647. The molecule has 1 amide bonds. The average Bonchev–Trinajstić information content (AvgIpc) is 2.36. The number of carbonyl (C=O) groups is 2. The van der Waals surface area contributed by atoms with Crippen molar-refractivity contribution in [3.8, 4) is 5.75 Å². The summed E-state index contributed by atoms with van der Waals surface area (Å²) in [6.07, 6.45) is 0.731. The first kappa shape index (κ1) is 14.0. The topological polar surface area (TPSA) is 78.5 Å². The molecule has 0 bridgehead atoms. The van der Waals surface area contributed by atoms with Crippen LogP contribution < -0.4 is 15.2 Å². The van der Waals surface area contributed by atoms with Gasteiger partial charge >= 0.3 is 0 Å². The van der Waals surface area contributed by atoms with Crippen molar-refractivity contribution in [2.24, 2.45) is 0 Å². The van der Waals surface area contributed by atoms with Crippen molar-refractivity contribution >= 4 is 11.9 Å². The molecule has 0 aliphatic rings. The largest absolute Gasteiger partial charge is 0.550 e. The highest BCUT2D eigenvalue weighted by Gasteiger charge is 2.04. The van der Waals surface area contributed by atoms with Crippen molar-refractivity contribution in [2.75, 3.05) is 13.2 Å². The van der Waals surface area contributed by atoms with Gasteiger partial charge in [-0.3, -0.25) is 4.79 Å². The number of rotatable bonds is 7. The average molecular weight is 250 g/mol. The van der Waals surface area contributed by atoms with Crippen molar-refractivity contribution in [3.05, 3.63) is 29.8 Å². The van der Waals surface area contributed by atoms with Crippen LogP contribution >= 0.6 is 0 Å². The van der Waals surface area contributed by atoms with E-state index in [1.807, 2.05) is 6.92 Å². The summed E-state index contributed by atoms with van der Waals surface area (Å²) in [5.74, 6) is -0.778. The zero-order chi connectivity index (χ0) is 13.4. The van der Waals surface area contributed by atoms with Crippen LogP contribution in [-0.2, 0) is 4.79 Å². The van der Waals surface area contributed by atoms with E-state index in [4.69, 9.17) is 4.74 Å². The minimum Gasteiger partial charge on any atom is -0.550 e. The Balaban J connectivity index is 2.46. The third-order valence-corrected chi connectivity index (χ3v) is 2.20. The van der Waals surface area contributed by atoms with Crippen molar-refractivity contribution < 1.29 is 19.4 Å². The molecule has 1 aromatic carbocycles. The van der Waals surface area contributed by atoms with E-state index in [-0.39, 0.29) is 18.9 Å². The quantitative estimate of drug-likeness (QED) is 0.757. The van der Waals surface area contributed by atoms with Crippen LogP contribution in [0.25, 0.3) is 0 Å². The number of carboxylic acid groups (broad SMARTS) is 1. The molecule has 0 radical (unpaired) electrons. The molecule has 5 nitrogen and oxygen atoms in total. The molecule has 1 aromatic rings. The summed E-state index contributed by atoms with van der Waals surface area (Å²) in [5, 5.41) is 12.7. The lowest BCUT2D eigenvalue weighted by Crippen LogP contribution is -2.30. The summed E-state index contributed by atoms with van der Waals surface area (Å²) >= 11 is 0. The molecule has 0 saturated carbocycles. The second-order valence-corrected chi connectivity index (χ2v) is 3.75. The van der Waals surface area contributed by atoms with E-state index in [0.29, 0.717) is 17.9 Å². The Labute approximate surface area is 106 Å². The molecule has 0 aliphatic heterocycles. The van der Waals surface area contributed by atoms with Gasteiger partial charge in [0.1, 0.15) is 5.75 Å². The first-order valence-corrected chi connectivity index (χ1v) is 5.84. The number of carbonyl (C=O) groups excluding carboxylic acids is 2. The third-order valence-electron chi connectivity index (χ3n) is 2.20. The predicted octanol–water partition coefficient (Wildman–Crippen LogP) is 0.345. The lowest BCUT2D eigenvalue weighted by molar-refractivity contribution is -0.305. The van der Waals surface area contributed by atoms with Gasteiger partial charge < -0.3 is 20.0 Å². The molecule has 0 atom stereocenters. The van der Waals surface area contributed by atoms with Crippen LogP contribution in [0.5, 0.6) is 5.75 Å². The van der Waals surface area contributed by atoms with Crippen LogP contribution in [0.1, 0.15) is 30.1 Å². The van der Waals surface area contributed by atoms with E-state index in [0.717, 1.165) is 6.42 Å². The molecular formula is C13H16NO4-. The molecule has 0 aliphatic carbocycles.